The van der Waals surface area contributed by atoms with E-state index in [-0.39, 0.29) is 5.69 Å². The molecule has 0 bridgehead atoms. The number of rotatable bonds is 5. The van der Waals surface area contributed by atoms with Gasteiger partial charge in [-0.3, -0.25) is 0 Å². The van der Waals surface area contributed by atoms with Gasteiger partial charge >= 0.3 is 0 Å². The number of halogens is 3. The van der Waals surface area contributed by atoms with Crippen molar-refractivity contribution in [2.24, 2.45) is 0 Å². The summed E-state index contributed by atoms with van der Waals surface area (Å²) in [6, 6.07) is 4.00. The maximum Gasteiger partial charge on any atom is 0.150 e. The molecule has 1 aromatic heterocycles. The normalized spacial score (nSPS) is 10.5. The Kier molecular flexibility index (Phi) is 5.06. The molecular weight excluding hydrogens is 342 g/mol. The molecule has 7 heteroatoms. The Morgan fingerprint density at radius 3 is 2.33 bits per heavy atom. The fourth-order valence-electron chi connectivity index (χ4n) is 1.77. The SMILES string of the molecule is CCCNc1cc(Nc2c(F)cc(Br)cc2F)nc(C)n1. The van der Waals surface area contributed by atoms with Crippen molar-refractivity contribution in [2.45, 2.75) is 20.3 Å². The second-order valence-electron chi connectivity index (χ2n) is 4.48. The highest BCUT2D eigenvalue weighted by atomic mass is 79.9. The largest absolute Gasteiger partial charge is 0.370 e. The van der Waals surface area contributed by atoms with Crippen LogP contribution in [0.3, 0.4) is 0 Å². The molecule has 0 fully saturated rings. The van der Waals surface area contributed by atoms with Gasteiger partial charge in [-0.1, -0.05) is 22.9 Å². The molecule has 0 aliphatic rings. The van der Waals surface area contributed by atoms with E-state index < -0.39 is 11.6 Å². The van der Waals surface area contributed by atoms with Gasteiger partial charge in [0.15, 0.2) is 11.6 Å². The van der Waals surface area contributed by atoms with Crippen molar-refractivity contribution in [3.63, 3.8) is 0 Å². The van der Waals surface area contributed by atoms with Gasteiger partial charge in [0, 0.05) is 17.1 Å². The van der Waals surface area contributed by atoms with Crippen LogP contribution >= 0.6 is 15.9 Å². The van der Waals surface area contributed by atoms with Crippen LogP contribution in [0.2, 0.25) is 0 Å². The Bertz CT molecular complexity index is 626. The van der Waals surface area contributed by atoms with Crippen LogP contribution in [-0.2, 0) is 0 Å². The van der Waals surface area contributed by atoms with Gasteiger partial charge in [0.05, 0.1) is 0 Å². The molecule has 1 aromatic carbocycles. The lowest BCUT2D eigenvalue weighted by Crippen LogP contribution is -2.06. The van der Waals surface area contributed by atoms with Crippen LogP contribution < -0.4 is 10.6 Å². The van der Waals surface area contributed by atoms with Crippen molar-refractivity contribution in [3.8, 4) is 0 Å². The molecule has 112 valence electrons. The third-order valence-corrected chi connectivity index (χ3v) is 3.11. The summed E-state index contributed by atoms with van der Waals surface area (Å²) in [7, 11) is 0. The maximum atomic E-state index is 13.8. The fraction of sp³-hybridized carbons (Fsp3) is 0.286. The predicted octanol–water partition coefficient (Wildman–Crippen LogP) is 4.39. The summed E-state index contributed by atoms with van der Waals surface area (Å²) in [5.41, 5.74) is -0.238. The summed E-state index contributed by atoms with van der Waals surface area (Å²) in [4.78, 5) is 8.35. The standard InChI is InChI=1S/C14H15BrF2N4/c1-3-4-18-12-7-13(20-8(2)19-12)21-14-10(16)5-9(15)6-11(14)17/h5-7H,3-4H2,1-2H3,(H2,18,19,20,21). The van der Waals surface area contributed by atoms with Crippen LogP contribution in [0.25, 0.3) is 0 Å². The van der Waals surface area contributed by atoms with Gasteiger partial charge in [-0.15, -0.1) is 0 Å². The molecule has 0 atom stereocenters. The Morgan fingerprint density at radius 2 is 1.71 bits per heavy atom. The maximum absolute atomic E-state index is 13.8. The summed E-state index contributed by atoms with van der Waals surface area (Å²) in [5.74, 6) is 0.0740. The van der Waals surface area contributed by atoms with Crippen molar-refractivity contribution in [1.82, 2.24) is 9.97 Å². The summed E-state index contributed by atoms with van der Waals surface area (Å²) in [6.45, 7) is 4.51. The minimum absolute atomic E-state index is 0.238. The van der Waals surface area contributed by atoms with E-state index in [0.717, 1.165) is 13.0 Å². The molecule has 0 unspecified atom stereocenters. The van der Waals surface area contributed by atoms with E-state index in [1.165, 1.54) is 12.1 Å². The number of aryl methyl sites for hydroxylation is 1. The molecule has 0 spiro atoms. The predicted molar refractivity (Wildman–Crippen MR) is 82.9 cm³/mol. The van der Waals surface area contributed by atoms with Crippen LogP contribution in [0.1, 0.15) is 19.2 Å². The van der Waals surface area contributed by atoms with Crippen LogP contribution in [-0.4, -0.2) is 16.5 Å². The average molecular weight is 357 g/mol. The summed E-state index contributed by atoms with van der Waals surface area (Å²) in [5, 5.41) is 5.78. The first-order valence-electron chi connectivity index (χ1n) is 6.50. The minimum atomic E-state index is -0.693. The van der Waals surface area contributed by atoms with Crippen LogP contribution in [0.5, 0.6) is 0 Å². The van der Waals surface area contributed by atoms with E-state index >= 15 is 0 Å². The van der Waals surface area contributed by atoms with Gasteiger partial charge in [-0.05, 0) is 25.5 Å². The zero-order chi connectivity index (χ0) is 15.4. The van der Waals surface area contributed by atoms with E-state index in [9.17, 15) is 8.78 Å². The van der Waals surface area contributed by atoms with Crippen molar-refractivity contribution in [3.05, 3.63) is 40.1 Å². The summed E-state index contributed by atoms with van der Waals surface area (Å²) in [6.07, 6.45) is 0.946. The second-order valence-corrected chi connectivity index (χ2v) is 5.40. The second kappa shape index (κ2) is 6.80. The molecule has 2 aromatic rings. The number of nitrogens with zero attached hydrogens (tertiary/aromatic N) is 2. The third-order valence-electron chi connectivity index (χ3n) is 2.65. The molecular formula is C14H15BrF2N4. The van der Waals surface area contributed by atoms with Gasteiger partial charge in [-0.2, -0.15) is 0 Å². The van der Waals surface area contributed by atoms with E-state index in [1.54, 1.807) is 13.0 Å². The number of anilines is 3. The van der Waals surface area contributed by atoms with Crippen molar-refractivity contribution < 1.29 is 8.78 Å². The Balaban J connectivity index is 2.29. The number of benzene rings is 1. The van der Waals surface area contributed by atoms with Crippen LogP contribution in [0.15, 0.2) is 22.7 Å². The number of nitrogens with one attached hydrogen (secondary N) is 2. The monoisotopic (exact) mass is 356 g/mol. The molecule has 21 heavy (non-hydrogen) atoms. The summed E-state index contributed by atoms with van der Waals surface area (Å²) < 4.78 is 28.0. The zero-order valence-corrected chi connectivity index (χ0v) is 13.3. The molecule has 1 heterocycles. The van der Waals surface area contributed by atoms with Crippen LogP contribution in [0.4, 0.5) is 26.1 Å². The topological polar surface area (TPSA) is 49.8 Å². The van der Waals surface area contributed by atoms with Crippen LogP contribution in [0, 0.1) is 18.6 Å². The lowest BCUT2D eigenvalue weighted by molar-refractivity contribution is 0.589. The van der Waals surface area contributed by atoms with E-state index in [2.05, 4.69) is 36.5 Å². The lowest BCUT2D eigenvalue weighted by Gasteiger charge is -2.11. The molecule has 0 saturated carbocycles. The summed E-state index contributed by atoms with van der Waals surface area (Å²) >= 11 is 3.04. The van der Waals surface area contributed by atoms with Crippen molar-refractivity contribution in [1.29, 1.82) is 0 Å². The molecule has 0 saturated heterocycles. The first-order chi connectivity index (χ1) is 9.99. The molecule has 0 amide bonds. The average Bonchev–Trinajstić information content (AvgIpc) is 2.40. The van der Waals surface area contributed by atoms with Gasteiger partial charge < -0.3 is 10.6 Å². The highest BCUT2D eigenvalue weighted by Gasteiger charge is 2.12. The number of hydrogen-bond acceptors (Lipinski definition) is 4. The Morgan fingerprint density at radius 1 is 1.10 bits per heavy atom. The van der Waals surface area contributed by atoms with Gasteiger partial charge in [-0.25, -0.2) is 18.7 Å². The van der Waals surface area contributed by atoms with E-state index in [0.29, 0.717) is 21.9 Å². The van der Waals surface area contributed by atoms with Gasteiger partial charge in [0.25, 0.3) is 0 Å². The molecule has 0 radical (unpaired) electrons. The highest BCUT2D eigenvalue weighted by molar-refractivity contribution is 9.10. The first-order valence-corrected chi connectivity index (χ1v) is 7.30. The number of hydrogen-bond donors (Lipinski definition) is 2. The Hall–Kier alpha value is -1.76. The molecule has 0 aliphatic heterocycles. The van der Waals surface area contributed by atoms with Gasteiger partial charge in [0.1, 0.15) is 23.1 Å². The fourth-order valence-corrected chi connectivity index (χ4v) is 2.17. The minimum Gasteiger partial charge on any atom is -0.370 e. The molecule has 2 rings (SSSR count). The first kappa shape index (κ1) is 15.6. The number of aromatic nitrogens is 2. The Labute approximate surface area is 130 Å². The van der Waals surface area contributed by atoms with Crippen molar-refractivity contribution in [2.75, 3.05) is 17.2 Å². The smallest absolute Gasteiger partial charge is 0.150 e. The molecule has 2 N–H and O–H groups in total. The highest BCUT2D eigenvalue weighted by Crippen LogP contribution is 2.26. The van der Waals surface area contributed by atoms with Gasteiger partial charge in [0.2, 0.25) is 0 Å². The molecule has 4 nitrogen and oxygen atoms in total. The third kappa shape index (κ3) is 4.10. The van der Waals surface area contributed by atoms with Crippen molar-refractivity contribution >= 4 is 33.3 Å². The quantitative estimate of drug-likeness (QED) is 0.833. The van der Waals surface area contributed by atoms with E-state index in [4.69, 9.17) is 0 Å². The molecule has 0 aliphatic carbocycles. The van der Waals surface area contributed by atoms with E-state index in [1.807, 2.05) is 6.92 Å². The zero-order valence-electron chi connectivity index (χ0n) is 11.7. The lowest BCUT2D eigenvalue weighted by atomic mass is 10.3.